The van der Waals surface area contributed by atoms with Gasteiger partial charge in [-0.05, 0) is 48.2 Å². The smallest absolute Gasteiger partial charge is 0.417 e. The minimum atomic E-state index is -4.57. The highest BCUT2D eigenvalue weighted by Crippen LogP contribution is 2.40. The lowest BCUT2D eigenvalue weighted by Gasteiger charge is -2.15. The van der Waals surface area contributed by atoms with Gasteiger partial charge in [0.15, 0.2) is 0 Å². The third kappa shape index (κ3) is 5.41. The molecule has 0 bridgehead atoms. The Kier molecular flexibility index (Phi) is 6.70. The molecule has 0 fully saturated rings. The van der Waals surface area contributed by atoms with Gasteiger partial charge in [-0.25, -0.2) is 0 Å². The fourth-order valence-corrected chi connectivity index (χ4v) is 3.76. The zero-order chi connectivity index (χ0) is 25.2. The van der Waals surface area contributed by atoms with Crippen molar-refractivity contribution in [2.24, 2.45) is 0 Å². The van der Waals surface area contributed by atoms with Gasteiger partial charge >= 0.3 is 12.1 Å². The van der Waals surface area contributed by atoms with Crippen molar-refractivity contribution >= 4 is 5.97 Å². The molecule has 1 heterocycles. The third-order valence-electron chi connectivity index (χ3n) is 5.66. The summed E-state index contributed by atoms with van der Waals surface area (Å²) in [5.74, 6) is -0.745. The van der Waals surface area contributed by atoms with Gasteiger partial charge in [0.1, 0.15) is 0 Å². The van der Waals surface area contributed by atoms with Crippen molar-refractivity contribution in [2.45, 2.75) is 26.1 Å². The highest BCUT2D eigenvalue weighted by atomic mass is 19.4. The number of benzene rings is 3. The van der Waals surface area contributed by atoms with E-state index in [4.69, 9.17) is 9.63 Å². The van der Waals surface area contributed by atoms with E-state index in [0.717, 1.165) is 17.2 Å². The molecule has 0 amide bonds. The number of hydrogen-bond acceptors (Lipinski definition) is 5. The van der Waals surface area contributed by atoms with Crippen molar-refractivity contribution < 1.29 is 27.6 Å². The minimum Gasteiger partial charge on any atom is -0.480 e. The van der Waals surface area contributed by atoms with Gasteiger partial charge in [-0.3, -0.25) is 4.79 Å². The van der Waals surface area contributed by atoms with Crippen LogP contribution in [0.1, 0.15) is 29.7 Å². The third-order valence-corrected chi connectivity index (χ3v) is 5.66. The number of hydrogen-bond donors (Lipinski definition) is 2. The first kappa shape index (κ1) is 24.2. The van der Waals surface area contributed by atoms with Crippen LogP contribution >= 0.6 is 0 Å². The summed E-state index contributed by atoms with van der Waals surface area (Å²) >= 11 is 0. The maximum atomic E-state index is 13.9. The molecule has 4 rings (SSSR count). The van der Waals surface area contributed by atoms with E-state index in [1.807, 2.05) is 6.92 Å². The summed E-state index contributed by atoms with van der Waals surface area (Å²) in [6, 6.07) is 17.8. The Balaban J connectivity index is 1.62. The molecule has 0 saturated carbocycles. The number of rotatable bonds is 7. The molecule has 0 radical (unpaired) electrons. The van der Waals surface area contributed by atoms with Gasteiger partial charge < -0.3 is 14.9 Å². The second-order valence-electron chi connectivity index (χ2n) is 8.11. The highest BCUT2D eigenvalue weighted by molar-refractivity contribution is 5.74. The molecule has 1 aromatic heterocycles. The van der Waals surface area contributed by atoms with E-state index in [1.54, 1.807) is 55.5 Å². The lowest BCUT2D eigenvalue weighted by Crippen LogP contribution is -2.25. The predicted molar refractivity (Wildman–Crippen MR) is 124 cm³/mol. The van der Waals surface area contributed by atoms with Gasteiger partial charge in [0.05, 0.1) is 12.1 Å². The Hall–Kier alpha value is -3.98. The number of carbonyl (C=O) groups is 1. The van der Waals surface area contributed by atoms with Crippen LogP contribution in [0.2, 0.25) is 0 Å². The van der Waals surface area contributed by atoms with E-state index in [2.05, 4.69) is 15.5 Å². The monoisotopic (exact) mass is 481 g/mol. The van der Waals surface area contributed by atoms with Crippen LogP contribution in [-0.4, -0.2) is 27.8 Å². The van der Waals surface area contributed by atoms with Crippen molar-refractivity contribution in [3.63, 3.8) is 0 Å². The second kappa shape index (κ2) is 9.71. The highest BCUT2D eigenvalue weighted by Gasteiger charge is 2.34. The Bertz CT molecular complexity index is 1350. The number of aryl methyl sites for hydroxylation is 1. The van der Waals surface area contributed by atoms with Gasteiger partial charge in [-0.15, -0.1) is 0 Å². The molecule has 0 aliphatic heterocycles. The number of nitrogens with zero attached hydrogens (tertiary/aromatic N) is 2. The summed E-state index contributed by atoms with van der Waals surface area (Å²) < 4.78 is 47.1. The fraction of sp³-hybridized carbons (Fsp3) is 0.192. The molecule has 0 aliphatic carbocycles. The summed E-state index contributed by atoms with van der Waals surface area (Å²) in [6.45, 7) is 3.44. The van der Waals surface area contributed by atoms with Crippen molar-refractivity contribution in [3.8, 4) is 34.0 Å². The fourth-order valence-electron chi connectivity index (χ4n) is 3.76. The number of halogens is 3. The Morgan fingerprint density at radius 3 is 2.37 bits per heavy atom. The zero-order valence-electron chi connectivity index (χ0n) is 18.9. The number of nitrogens with one attached hydrogen (secondary N) is 1. The van der Waals surface area contributed by atoms with Gasteiger partial charge in [0.25, 0.3) is 5.89 Å². The molecule has 0 spiro atoms. The molecule has 1 atom stereocenters. The molecule has 0 saturated heterocycles. The van der Waals surface area contributed by atoms with E-state index < -0.39 is 17.7 Å². The number of aromatic nitrogens is 2. The molecule has 1 unspecified atom stereocenters. The molecule has 9 heteroatoms. The molecular formula is C26H22F3N3O3. The van der Waals surface area contributed by atoms with E-state index >= 15 is 0 Å². The van der Waals surface area contributed by atoms with Crippen LogP contribution in [0.3, 0.4) is 0 Å². The Labute approximate surface area is 199 Å². The van der Waals surface area contributed by atoms with Gasteiger partial charge in [-0.1, -0.05) is 59.8 Å². The summed E-state index contributed by atoms with van der Waals surface area (Å²) in [7, 11) is 0. The van der Waals surface area contributed by atoms with Crippen molar-refractivity contribution in [1.29, 1.82) is 0 Å². The van der Waals surface area contributed by atoms with Crippen molar-refractivity contribution in [1.82, 2.24) is 15.5 Å². The average molecular weight is 481 g/mol. The predicted octanol–water partition coefficient (Wildman–Crippen LogP) is 6.13. The zero-order valence-corrected chi connectivity index (χ0v) is 18.9. The number of carboxylic acid groups (broad SMARTS) is 1. The molecule has 6 nitrogen and oxygen atoms in total. The number of aliphatic carboxylic acids is 1. The van der Waals surface area contributed by atoms with Crippen molar-refractivity contribution in [3.05, 3.63) is 83.4 Å². The molecule has 35 heavy (non-hydrogen) atoms. The van der Waals surface area contributed by atoms with Crippen LogP contribution in [0.25, 0.3) is 34.0 Å². The van der Waals surface area contributed by atoms with Gasteiger partial charge in [0.2, 0.25) is 5.82 Å². The Morgan fingerprint density at radius 1 is 1.03 bits per heavy atom. The van der Waals surface area contributed by atoms with E-state index in [0.29, 0.717) is 11.1 Å². The number of alkyl halides is 3. The number of carboxylic acids is 1. The summed E-state index contributed by atoms with van der Waals surface area (Å²) in [5, 5.41) is 15.6. The Morgan fingerprint density at radius 2 is 1.71 bits per heavy atom. The molecule has 0 aliphatic rings. The van der Waals surface area contributed by atoms with Crippen molar-refractivity contribution in [2.75, 3.05) is 6.54 Å². The first-order chi connectivity index (χ1) is 16.6. The molecule has 4 aromatic rings. The SMILES string of the molecule is Cc1ccccc1-c1ccc(-c2nc(-c3ccc(C(C)NCC(=O)O)cc3)no2)cc1C(F)(F)F. The normalized spacial score (nSPS) is 12.5. The van der Waals surface area contributed by atoms with Crippen LogP contribution < -0.4 is 5.32 Å². The van der Waals surface area contributed by atoms with Crippen LogP contribution in [0.15, 0.2) is 71.3 Å². The van der Waals surface area contributed by atoms with Crippen LogP contribution in [0, 0.1) is 6.92 Å². The van der Waals surface area contributed by atoms with Gasteiger partial charge in [-0.2, -0.15) is 18.2 Å². The lowest BCUT2D eigenvalue weighted by atomic mass is 9.94. The summed E-state index contributed by atoms with van der Waals surface area (Å²) in [4.78, 5) is 15.0. The average Bonchev–Trinajstić information content (AvgIpc) is 3.32. The first-order valence-electron chi connectivity index (χ1n) is 10.8. The standard InChI is InChI=1S/C26H22F3N3O3/c1-15-5-3-4-6-20(15)21-12-11-19(13-22(21)26(27,28)29)25-31-24(32-35-25)18-9-7-17(8-10-18)16(2)30-14-23(33)34/h3-13,16,30H,14H2,1-2H3,(H,33,34). The topological polar surface area (TPSA) is 88.2 Å². The van der Waals surface area contributed by atoms with Crippen LogP contribution in [0.4, 0.5) is 13.2 Å². The van der Waals surface area contributed by atoms with E-state index in [1.165, 1.54) is 12.1 Å². The first-order valence-corrected chi connectivity index (χ1v) is 10.8. The quantitative estimate of drug-likeness (QED) is 0.330. The lowest BCUT2D eigenvalue weighted by molar-refractivity contribution is -0.137. The second-order valence-corrected chi connectivity index (χ2v) is 8.11. The maximum absolute atomic E-state index is 13.9. The van der Waals surface area contributed by atoms with Crippen LogP contribution in [0.5, 0.6) is 0 Å². The maximum Gasteiger partial charge on any atom is 0.417 e. The molecule has 3 aromatic carbocycles. The molecular weight excluding hydrogens is 459 g/mol. The van der Waals surface area contributed by atoms with Gasteiger partial charge in [0, 0.05) is 17.2 Å². The largest absolute Gasteiger partial charge is 0.480 e. The summed E-state index contributed by atoms with van der Waals surface area (Å²) in [6.07, 6.45) is -4.57. The van der Waals surface area contributed by atoms with E-state index in [9.17, 15) is 18.0 Å². The van der Waals surface area contributed by atoms with E-state index in [-0.39, 0.29) is 35.4 Å². The minimum absolute atomic E-state index is 0.0256. The summed E-state index contributed by atoms with van der Waals surface area (Å²) in [5.41, 5.74) is 2.18. The molecule has 180 valence electrons. The van der Waals surface area contributed by atoms with Crippen LogP contribution in [-0.2, 0) is 11.0 Å². The molecule has 2 N–H and O–H groups in total.